The molecule has 1 aliphatic carbocycles. The normalized spacial score (nSPS) is 22.6. The van der Waals surface area contributed by atoms with Crippen molar-refractivity contribution in [1.82, 2.24) is 25.8 Å². The summed E-state index contributed by atoms with van der Waals surface area (Å²) in [5, 5.41) is 9.52. The third kappa shape index (κ3) is 7.52. The smallest absolute Gasteiger partial charge is 0.223 e. The number of nitrogens with zero attached hydrogens (tertiary/aromatic N) is 3. The molecule has 1 aliphatic heterocycles. The largest absolute Gasteiger partial charge is 0.357 e. The number of likely N-dealkylation sites (N-methyl/N-ethyl adjacent to an activating group) is 2. The molecule has 0 bridgehead atoms. The molecule has 3 N–H and O–H groups in total. The molecule has 0 aromatic heterocycles. The van der Waals surface area contributed by atoms with Gasteiger partial charge in [0.2, 0.25) is 5.91 Å². The molecule has 1 heterocycles. The molecule has 2 rings (SSSR count). The van der Waals surface area contributed by atoms with Crippen molar-refractivity contribution in [1.29, 1.82) is 0 Å². The highest BCUT2D eigenvalue weighted by atomic mass is 127. The van der Waals surface area contributed by atoms with Crippen LogP contribution in [0, 0.1) is 5.92 Å². The van der Waals surface area contributed by atoms with Crippen LogP contribution in [-0.2, 0) is 4.79 Å². The Morgan fingerprint density at radius 2 is 1.83 bits per heavy atom. The summed E-state index contributed by atoms with van der Waals surface area (Å²) in [4.78, 5) is 21.0. The van der Waals surface area contributed by atoms with E-state index in [4.69, 9.17) is 4.99 Å². The lowest BCUT2D eigenvalue weighted by Gasteiger charge is -2.36. The van der Waals surface area contributed by atoms with Crippen LogP contribution in [0.2, 0.25) is 0 Å². The highest BCUT2D eigenvalue weighted by Crippen LogP contribution is 2.28. The second-order valence-corrected chi connectivity index (χ2v) is 6.61. The lowest BCUT2D eigenvalue weighted by Crippen LogP contribution is -2.51. The van der Waals surface area contributed by atoms with Crippen LogP contribution in [0.1, 0.15) is 19.8 Å². The minimum absolute atomic E-state index is 0. The zero-order valence-electron chi connectivity index (χ0n) is 15.2. The molecule has 2 fully saturated rings. The summed E-state index contributed by atoms with van der Waals surface area (Å²) >= 11 is 0. The molecule has 1 atom stereocenters. The summed E-state index contributed by atoms with van der Waals surface area (Å²) in [6, 6.07) is 0.457. The minimum Gasteiger partial charge on any atom is -0.357 e. The SMILES string of the molecule is CCNC(=NCC1CN(C)CCN1C)NCCNC(=O)C1CC1.I. The molecule has 0 aromatic rings. The fourth-order valence-corrected chi connectivity index (χ4v) is 2.69. The zero-order valence-corrected chi connectivity index (χ0v) is 17.5. The first-order chi connectivity index (χ1) is 11.1. The molecule has 7 nitrogen and oxygen atoms in total. The van der Waals surface area contributed by atoms with Crippen LogP contribution in [0.25, 0.3) is 0 Å². The average Bonchev–Trinajstić information content (AvgIpc) is 3.36. The van der Waals surface area contributed by atoms with E-state index in [0.29, 0.717) is 19.1 Å². The van der Waals surface area contributed by atoms with Crippen LogP contribution in [0.5, 0.6) is 0 Å². The summed E-state index contributed by atoms with van der Waals surface area (Å²) in [6.07, 6.45) is 2.10. The van der Waals surface area contributed by atoms with Gasteiger partial charge < -0.3 is 20.9 Å². The van der Waals surface area contributed by atoms with Crippen LogP contribution in [-0.4, -0.2) is 87.6 Å². The van der Waals surface area contributed by atoms with Gasteiger partial charge in [-0.25, -0.2) is 0 Å². The van der Waals surface area contributed by atoms with Crippen molar-refractivity contribution in [3.8, 4) is 0 Å². The van der Waals surface area contributed by atoms with Crippen LogP contribution in [0.15, 0.2) is 4.99 Å². The minimum atomic E-state index is 0. The Morgan fingerprint density at radius 3 is 2.50 bits per heavy atom. The molecule has 1 saturated carbocycles. The van der Waals surface area contributed by atoms with Crippen molar-refractivity contribution in [2.75, 3.05) is 59.9 Å². The molecule has 24 heavy (non-hydrogen) atoms. The third-order valence-electron chi connectivity index (χ3n) is 4.45. The van der Waals surface area contributed by atoms with Gasteiger partial charge in [0.15, 0.2) is 5.96 Å². The van der Waals surface area contributed by atoms with E-state index < -0.39 is 0 Å². The number of rotatable bonds is 7. The number of amides is 1. The highest BCUT2D eigenvalue weighted by Gasteiger charge is 2.29. The number of aliphatic imine (C=N–C) groups is 1. The average molecular weight is 452 g/mol. The fourth-order valence-electron chi connectivity index (χ4n) is 2.69. The van der Waals surface area contributed by atoms with Gasteiger partial charge in [0.05, 0.1) is 6.54 Å². The Hall–Kier alpha value is -0.610. The molecule has 2 aliphatic rings. The maximum Gasteiger partial charge on any atom is 0.223 e. The molecule has 140 valence electrons. The van der Waals surface area contributed by atoms with E-state index in [0.717, 1.165) is 51.5 Å². The molecule has 1 unspecified atom stereocenters. The number of carbonyl (C=O) groups excluding carboxylic acids is 1. The highest BCUT2D eigenvalue weighted by molar-refractivity contribution is 14.0. The van der Waals surface area contributed by atoms with Crippen molar-refractivity contribution in [2.24, 2.45) is 10.9 Å². The predicted octanol–water partition coefficient (Wildman–Crippen LogP) is -0.0685. The quantitative estimate of drug-likeness (QED) is 0.219. The van der Waals surface area contributed by atoms with E-state index in [1.54, 1.807) is 0 Å². The van der Waals surface area contributed by atoms with Crippen LogP contribution in [0.3, 0.4) is 0 Å². The third-order valence-corrected chi connectivity index (χ3v) is 4.45. The van der Waals surface area contributed by atoms with Crippen molar-refractivity contribution < 1.29 is 4.79 Å². The van der Waals surface area contributed by atoms with Crippen molar-refractivity contribution in [3.05, 3.63) is 0 Å². The predicted molar refractivity (Wildman–Crippen MR) is 109 cm³/mol. The lowest BCUT2D eigenvalue weighted by atomic mass is 10.2. The Labute approximate surface area is 163 Å². The number of piperazine rings is 1. The van der Waals surface area contributed by atoms with Crippen molar-refractivity contribution >= 4 is 35.8 Å². The number of carbonyl (C=O) groups is 1. The van der Waals surface area contributed by atoms with Gasteiger partial charge in [-0.1, -0.05) is 0 Å². The van der Waals surface area contributed by atoms with Crippen molar-refractivity contribution in [3.63, 3.8) is 0 Å². The van der Waals surface area contributed by atoms with E-state index in [9.17, 15) is 4.79 Å². The van der Waals surface area contributed by atoms with Gasteiger partial charge in [-0.15, -0.1) is 24.0 Å². The van der Waals surface area contributed by atoms with E-state index in [-0.39, 0.29) is 35.8 Å². The molecule has 0 spiro atoms. The second-order valence-electron chi connectivity index (χ2n) is 6.61. The monoisotopic (exact) mass is 452 g/mol. The van der Waals surface area contributed by atoms with Gasteiger partial charge in [-0.3, -0.25) is 14.7 Å². The summed E-state index contributed by atoms with van der Waals surface area (Å²) in [6.45, 7) is 8.29. The fraction of sp³-hybridized carbons (Fsp3) is 0.875. The first kappa shape index (κ1) is 21.4. The maximum absolute atomic E-state index is 11.6. The number of hydrogen-bond donors (Lipinski definition) is 3. The first-order valence-electron chi connectivity index (χ1n) is 8.78. The Balaban J connectivity index is 0.00000288. The topological polar surface area (TPSA) is 72.0 Å². The Bertz CT molecular complexity index is 415. The van der Waals surface area contributed by atoms with Gasteiger partial charge in [0, 0.05) is 51.2 Å². The standard InChI is InChI=1S/C16H32N6O.HI/c1-4-17-16(19-8-7-18-15(23)13-5-6-13)20-11-14-12-21(2)9-10-22(14)3;/h13-14H,4-12H2,1-3H3,(H,18,23)(H2,17,19,20);1H. The number of hydrogen-bond acceptors (Lipinski definition) is 4. The number of nitrogens with one attached hydrogen (secondary N) is 3. The zero-order chi connectivity index (χ0) is 16.7. The van der Waals surface area contributed by atoms with Gasteiger partial charge >= 0.3 is 0 Å². The number of guanidine groups is 1. The van der Waals surface area contributed by atoms with Crippen molar-refractivity contribution in [2.45, 2.75) is 25.8 Å². The molecule has 0 radical (unpaired) electrons. The molecule has 8 heteroatoms. The Kier molecular flexibility index (Phi) is 9.91. The molecule has 1 amide bonds. The lowest BCUT2D eigenvalue weighted by molar-refractivity contribution is -0.122. The molecule has 1 saturated heterocycles. The Morgan fingerprint density at radius 1 is 1.12 bits per heavy atom. The van der Waals surface area contributed by atoms with Gasteiger partial charge in [0.25, 0.3) is 0 Å². The maximum atomic E-state index is 11.6. The van der Waals surface area contributed by atoms with Crippen LogP contribution in [0.4, 0.5) is 0 Å². The van der Waals surface area contributed by atoms with E-state index in [1.165, 1.54) is 0 Å². The summed E-state index contributed by atoms with van der Waals surface area (Å²) in [7, 11) is 4.33. The van der Waals surface area contributed by atoms with Gasteiger partial charge in [0.1, 0.15) is 0 Å². The van der Waals surface area contributed by atoms with E-state index in [2.05, 4.69) is 46.8 Å². The molecular formula is C16H33IN6O. The van der Waals surface area contributed by atoms with E-state index >= 15 is 0 Å². The van der Waals surface area contributed by atoms with Crippen LogP contribution < -0.4 is 16.0 Å². The van der Waals surface area contributed by atoms with Crippen LogP contribution >= 0.6 is 24.0 Å². The van der Waals surface area contributed by atoms with Gasteiger partial charge in [-0.2, -0.15) is 0 Å². The number of halogens is 1. The first-order valence-corrected chi connectivity index (χ1v) is 8.78. The summed E-state index contributed by atoms with van der Waals surface area (Å²) < 4.78 is 0. The molecule has 0 aromatic carbocycles. The summed E-state index contributed by atoms with van der Waals surface area (Å²) in [5.41, 5.74) is 0. The second kappa shape index (κ2) is 11.1. The molecular weight excluding hydrogens is 419 g/mol. The van der Waals surface area contributed by atoms with E-state index in [1.807, 2.05) is 0 Å². The summed E-state index contributed by atoms with van der Waals surface area (Å²) in [5.74, 6) is 1.30. The van der Waals surface area contributed by atoms with Gasteiger partial charge in [-0.05, 0) is 33.9 Å².